The van der Waals surface area contributed by atoms with Crippen LogP contribution in [-0.2, 0) is 9.59 Å². The Balaban J connectivity index is 1.21. The molecule has 0 amide bonds. The zero-order valence-electron chi connectivity index (χ0n) is 36.2. The molecular weight excluding hydrogens is 665 g/mol. The van der Waals surface area contributed by atoms with Crippen LogP contribution in [0.15, 0.2) is 70.4 Å². The van der Waals surface area contributed by atoms with Crippen LogP contribution in [0.4, 0.5) is 0 Å². The summed E-state index contributed by atoms with van der Waals surface area (Å²) in [6.07, 6.45) is 27.2. The molecular formula is C50H74O4. The van der Waals surface area contributed by atoms with Gasteiger partial charge in [-0.3, -0.25) is 9.59 Å². The number of hydrogen-bond donors (Lipinski definition) is 2. The molecule has 6 aliphatic rings. The summed E-state index contributed by atoms with van der Waals surface area (Å²) in [5, 5.41) is 23.2. The number of aliphatic carboxylic acids is 1. The summed E-state index contributed by atoms with van der Waals surface area (Å²) in [7, 11) is 0. The van der Waals surface area contributed by atoms with E-state index in [2.05, 4.69) is 100 Å². The van der Waals surface area contributed by atoms with E-state index in [1.54, 1.807) is 6.08 Å². The van der Waals surface area contributed by atoms with Gasteiger partial charge in [0.1, 0.15) is 5.60 Å². The third kappa shape index (κ3) is 6.26. The smallest absolute Gasteiger partial charge is 0.310 e. The zero-order valence-corrected chi connectivity index (χ0v) is 36.2. The molecule has 4 nitrogen and oxygen atoms in total. The van der Waals surface area contributed by atoms with E-state index in [1.807, 2.05) is 19.1 Å². The van der Waals surface area contributed by atoms with E-state index in [-0.39, 0.29) is 44.7 Å². The molecule has 298 valence electrons. The number of rotatable bonds is 7. The summed E-state index contributed by atoms with van der Waals surface area (Å²) in [6.45, 7) is 27.5. The lowest BCUT2D eigenvalue weighted by atomic mass is 9.32. The Kier molecular flexibility index (Phi) is 10.4. The molecule has 54 heavy (non-hydrogen) atoms. The van der Waals surface area contributed by atoms with Crippen LogP contribution >= 0.6 is 0 Å². The molecule has 0 unspecified atom stereocenters. The molecule has 8 atom stereocenters. The van der Waals surface area contributed by atoms with Gasteiger partial charge in [-0.05, 0) is 166 Å². The van der Waals surface area contributed by atoms with Crippen molar-refractivity contribution in [2.45, 2.75) is 172 Å². The van der Waals surface area contributed by atoms with Crippen molar-refractivity contribution in [3.8, 4) is 0 Å². The maximum Gasteiger partial charge on any atom is 0.310 e. The molecule has 6 rings (SSSR count). The van der Waals surface area contributed by atoms with Gasteiger partial charge in [-0.25, -0.2) is 0 Å². The number of allylic oxidation sites excluding steroid dienone is 11. The Morgan fingerprint density at radius 3 is 2.17 bits per heavy atom. The van der Waals surface area contributed by atoms with Crippen molar-refractivity contribution >= 4 is 11.8 Å². The molecule has 2 N–H and O–H groups in total. The Morgan fingerprint density at radius 1 is 0.815 bits per heavy atom. The number of carboxylic acid groups (broad SMARTS) is 1. The van der Waals surface area contributed by atoms with Gasteiger partial charge in [0.25, 0.3) is 0 Å². The lowest BCUT2D eigenvalue weighted by molar-refractivity contribution is -0.229. The zero-order chi connectivity index (χ0) is 39.9. The second kappa shape index (κ2) is 13.6. The van der Waals surface area contributed by atoms with Crippen molar-refractivity contribution in [3.05, 3.63) is 70.4 Å². The minimum Gasteiger partial charge on any atom is -0.481 e. The van der Waals surface area contributed by atoms with Gasteiger partial charge < -0.3 is 10.2 Å². The molecule has 0 aromatic heterocycles. The van der Waals surface area contributed by atoms with E-state index in [9.17, 15) is 19.8 Å². The van der Waals surface area contributed by atoms with Crippen LogP contribution in [0, 0.1) is 55.7 Å². The van der Waals surface area contributed by atoms with Crippen molar-refractivity contribution in [1.29, 1.82) is 0 Å². The van der Waals surface area contributed by atoms with Crippen molar-refractivity contribution in [3.63, 3.8) is 0 Å². The number of fused-ring (bicyclic) bond motifs is 7. The molecule has 0 radical (unpaired) electrons. The highest BCUT2D eigenvalue weighted by molar-refractivity contribution is 5.98. The first-order chi connectivity index (χ1) is 24.9. The third-order valence-electron chi connectivity index (χ3n) is 17.8. The van der Waals surface area contributed by atoms with Gasteiger partial charge >= 0.3 is 5.97 Å². The van der Waals surface area contributed by atoms with E-state index in [0.717, 1.165) is 63.4 Å². The molecule has 0 bridgehead atoms. The fraction of sp³-hybridized carbons (Fsp3) is 0.720. The molecule has 0 saturated heterocycles. The largest absolute Gasteiger partial charge is 0.481 e. The SMILES string of the molecule is CC(=CC(=O)[C@]1(O)CC[C@@]2(C)[C@@H](CC[C@]3(C)[C@H]2CC=C2[C@@H]4CC(C)(C)CC[C@]4(C(=O)O)CC[C@]23C)C1(C)C)/C=C/C=C(C)/C=C/C1=C(C)CCCC1(C)C. The van der Waals surface area contributed by atoms with Crippen LogP contribution in [-0.4, -0.2) is 27.6 Å². The fourth-order valence-electron chi connectivity index (χ4n) is 14.0. The van der Waals surface area contributed by atoms with Crippen LogP contribution in [0.5, 0.6) is 0 Å². The Morgan fingerprint density at radius 2 is 1.50 bits per heavy atom. The van der Waals surface area contributed by atoms with Crippen LogP contribution in [0.3, 0.4) is 0 Å². The lowest BCUT2D eigenvalue weighted by Gasteiger charge is -2.72. The summed E-state index contributed by atoms with van der Waals surface area (Å²) < 4.78 is 0. The molecule has 6 aliphatic carbocycles. The number of ketones is 1. The Labute approximate surface area is 328 Å². The number of carbonyl (C=O) groups is 2. The van der Waals surface area contributed by atoms with E-state index in [4.69, 9.17) is 0 Å². The van der Waals surface area contributed by atoms with Gasteiger partial charge in [0.2, 0.25) is 0 Å². The number of aliphatic hydroxyl groups is 1. The summed E-state index contributed by atoms with van der Waals surface area (Å²) >= 11 is 0. The summed E-state index contributed by atoms with van der Waals surface area (Å²) in [6, 6.07) is 0. The molecule has 0 heterocycles. The van der Waals surface area contributed by atoms with Gasteiger partial charge in [0, 0.05) is 5.41 Å². The normalized spacial score (nSPS) is 41.8. The van der Waals surface area contributed by atoms with Gasteiger partial charge in [0.05, 0.1) is 5.41 Å². The van der Waals surface area contributed by atoms with Gasteiger partial charge in [-0.15, -0.1) is 0 Å². The summed E-state index contributed by atoms with van der Waals surface area (Å²) in [5.41, 5.74) is 4.08. The van der Waals surface area contributed by atoms with Crippen molar-refractivity contribution in [2.75, 3.05) is 0 Å². The van der Waals surface area contributed by atoms with Gasteiger partial charge in [-0.1, -0.05) is 115 Å². The third-order valence-corrected chi connectivity index (χ3v) is 17.8. The van der Waals surface area contributed by atoms with Gasteiger partial charge in [-0.2, -0.15) is 0 Å². The Hall–Kier alpha value is -2.46. The van der Waals surface area contributed by atoms with E-state index in [1.165, 1.54) is 41.6 Å². The minimum absolute atomic E-state index is 0.0306. The van der Waals surface area contributed by atoms with Gasteiger partial charge in [0.15, 0.2) is 5.78 Å². The molecule has 4 fully saturated rings. The maximum absolute atomic E-state index is 14.2. The quantitative estimate of drug-likeness (QED) is 0.155. The topological polar surface area (TPSA) is 74.6 Å². The first-order valence-electron chi connectivity index (χ1n) is 21.5. The highest BCUT2D eigenvalue weighted by atomic mass is 16.4. The standard InChI is InChI=1S/C50H74O4/c1-33(18-19-36-35(3)17-14-23-44(36,6)7)15-13-16-34(2)31-41(51)50(54)30-26-46(10)39(45(50,8)9)22-24-48(12)40(46)21-20-37-38-32-43(4,5)25-28-49(38,42(52)53)29-27-47(37,48)11/h13,15-16,18-20,31,38-40,54H,14,17,21-30,32H2,1-12H3,(H,52,53)/b16-13+,19-18+,33-15+,34-31?/t38-,39-,40-,46-,47+,48+,49-,50+/m0/s1. The van der Waals surface area contributed by atoms with Crippen molar-refractivity contribution in [2.24, 2.45) is 55.7 Å². The first kappa shape index (κ1) is 41.2. The summed E-state index contributed by atoms with van der Waals surface area (Å²) in [4.78, 5) is 27.2. The average Bonchev–Trinajstić information content (AvgIpc) is 3.06. The highest BCUT2D eigenvalue weighted by Gasteiger charge is 2.71. The maximum atomic E-state index is 14.2. The van der Waals surface area contributed by atoms with Crippen LogP contribution < -0.4 is 0 Å². The van der Waals surface area contributed by atoms with E-state index >= 15 is 0 Å². The minimum atomic E-state index is -1.42. The van der Waals surface area contributed by atoms with Crippen LogP contribution in [0.1, 0.15) is 167 Å². The van der Waals surface area contributed by atoms with E-state index < -0.39 is 22.4 Å². The predicted molar refractivity (Wildman–Crippen MR) is 223 cm³/mol. The number of carbonyl (C=O) groups excluding carboxylic acids is 1. The summed E-state index contributed by atoms with van der Waals surface area (Å²) in [5.74, 6) is -0.0320. The molecule has 0 spiro atoms. The van der Waals surface area contributed by atoms with E-state index in [0.29, 0.717) is 12.3 Å². The first-order valence-corrected chi connectivity index (χ1v) is 21.5. The Bertz CT molecular complexity index is 1740. The molecule has 0 aromatic carbocycles. The molecule has 4 heteroatoms. The number of carboxylic acids is 1. The number of hydrogen-bond acceptors (Lipinski definition) is 3. The molecule has 0 aliphatic heterocycles. The monoisotopic (exact) mass is 739 g/mol. The van der Waals surface area contributed by atoms with Crippen molar-refractivity contribution < 1.29 is 19.8 Å². The lowest BCUT2D eigenvalue weighted by Crippen LogP contribution is -2.68. The van der Waals surface area contributed by atoms with Crippen LogP contribution in [0.25, 0.3) is 0 Å². The molecule has 0 aromatic rings. The molecule has 4 saturated carbocycles. The fourth-order valence-corrected chi connectivity index (χ4v) is 14.0. The second-order valence-corrected chi connectivity index (χ2v) is 22.0. The highest BCUT2D eigenvalue weighted by Crippen LogP contribution is 2.76. The van der Waals surface area contributed by atoms with Crippen LogP contribution in [0.2, 0.25) is 0 Å². The average molecular weight is 739 g/mol. The van der Waals surface area contributed by atoms with Crippen molar-refractivity contribution in [1.82, 2.24) is 0 Å². The second-order valence-electron chi connectivity index (χ2n) is 22.0. The predicted octanol–water partition coefficient (Wildman–Crippen LogP) is 12.7.